The Morgan fingerprint density at radius 3 is 1.58 bits per heavy atom. The standard InChI is InChI=1S/C22H33O3.C22H31O3.2Y/c2*1-14(2)17-8-9-22(20(24)25-5)11-10-21(4)15(3)12-16(13-23)6-7-18(21)19(17)22;;/h6,14,18,23H,7-13H2,1-5H3;6,13-14,18H,7-12H2,1-5H3;;/q2*-1;;/t2*18-,21+,22+;;/m00../s1. The SMILES string of the molecule is COC(=O)[C@@]12CCC(C(C)C)=C1[C@@H]1CC=C(C=O)C[C-](C)[C@@]1(C)CC2.COC(=O)[C@@]12CCC(C(C)C)=C1[C@@H]1CC=C(CO)C[C-](C)[C@@]1(C)CC2.[Y].[Y]. The van der Waals surface area contributed by atoms with Crippen LogP contribution < -0.4 is 0 Å². The Bertz CT molecular complexity index is 1490. The summed E-state index contributed by atoms with van der Waals surface area (Å²) in [6.45, 7) is 18.3. The smallest absolute Gasteiger partial charge is 0.315 e. The summed E-state index contributed by atoms with van der Waals surface area (Å²) >= 11 is 0. The molecule has 2 saturated carbocycles. The van der Waals surface area contributed by atoms with Gasteiger partial charge in [-0.1, -0.05) is 94.4 Å². The van der Waals surface area contributed by atoms with E-state index in [0.29, 0.717) is 23.7 Å². The molecule has 284 valence electrons. The fraction of sp³-hybridized carbons (Fsp3) is 0.705. The third kappa shape index (κ3) is 7.72. The zero-order chi connectivity index (χ0) is 36.8. The quantitative estimate of drug-likeness (QED) is 0.124. The van der Waals surface area contributed by atoms with Gasteiger partial charge in [0, 0.05) is 65.4 Å². The van der Waals surface area contributed by atoms with E-state index in [1.807, 2.05) is 0 Å². The number of hydrogen-bond donors (Lipinski definition) is 1. The number of carbonyl (C=O) groups excluding carboxylic acids is 3. The number of aldehydes is 1. The topological polar surface area (TPSA) is 89.9 Å². The van der Waals surface area contributed by atoms with Gasteiger partial charge in [0.15, 0.2) is 0 Å². The Hall–Kier alpha value is -0.262. The van der Waals surface area contributed by atoms with Crippen molar-refractivity contribution in [3.05, 3.63) is 57.4 Å². The van der Waals surface area contributed by atoms with Crippen LogP contribution in [0.25, 0.3) is 0 Å². The molecule has 6 nitrogen and oxygen atoms in total. The van der Waals surface area contributed by atoms with E-state index in [-0.39, 0.29) is 94.8 Å². The average Bonchev–Trinajstić information content (AvgIpc) is 3.63. The normalized spacial score (nSPS) is 34.5. The molecule has 2 fully saturated rings. The van der Waals surface area contributed by atoms with Crippen molar-refractivity contribution in [1.29, 1.82) is 0 Å². The minimum Gasteiger partial charge on any atom is -0.468 e. The van der Waals surface area contributed by atoms with Crippen LogP contribution in [0.2, 0.25) is 0 Å². The van der Waals surface area contributed by atoms with Gasteiger partial charge in [-0.2, -0.15) is 20.3 Å². The Balaban J connectivity index is 0.000000270. The van der Waals surface area contributed by atoms with Gasteiger partial charge in [-0.15, -0.1) is 17.3 Å². The summed E-state index contributed by atoms with van der Waals surface area (Å²) in [7, 11) is 3.05. The molecule has 6 aliphatic rings. The van der Waals surface area contributed by atoms with Crippen LogP contribution >= 0.6 is 0 Å². The summed E-state index contributed by atoms with van der Waals surface area (Å²) in [5, 5.41) is 9.69. The van der Waals surface area contributed by atoms with Crippen molar-refractivity contribution in [2.45, 2.75) is 132 Å². The summed E-state index contributed by atoms with van der Waals surface area (Å²) in [5.41, 5.74) is 7.01. The summed E-state index contributed by atoms with van der Waals surface area (Å²) in [6.07, 6.45) is 16.4. The minimum absolute atomic E-state index is 0. The molecular formula is C44H64O6Y2-2. The minimum atomic E-state index is -0.432. The predicted molar refractivity (Wildman–Crippen MR) is 198 cm³/mol. The van der Waals surface area contributed by atoms with Crippen LogP contribution in [-0.2, 0) is 89.3 Å². The molecule has 0 unspecified atom stereocenters. The van der Waals surface area contributed by atoms with Crippen molar-refractivity contribution in [3.8, 4) is 0 Å². The molecule has 0 heterocycles. The van der Waals surface area contributed by atoms with Crippen molar-refractivity contribution in [1.82, 2.24) is 0 Å². The molecule has 1 N–H and O–H groups in total. The second kappa shape index (κ2) is 17.9. The first-order chi connectivity index (χ1) is 23.6. The Labute approximate surface area is 365 Å². The Morgan fingerprint density at radius 2 is 1.19 bits per heavy atom. The van der Waals surface area contributed by atoms with Crippen LogP contribution in [-0.4, -0.2) is 44.2 Å². The largest absolute Gasteiger partial charge is 0.468 e. The van der Waals surface area contributed by atoms with Gasteiger partial charge in [-0.25, -0.2) is 0 Å². The van der Waals surface area contributed by atoms with Crippen LogP contribution in [0.4, 0.5) is 0 Å². The molecule has 0 aromatic heterocycles. The summed E-state index contributed by atoms with van der Waals surface area (Å²) < 4.78 is 10.6. The van der Waals surface area contributed by atoms with Crippen LogP contribution in [0, 0.1) is 57.2 Å². The maximum Gasteiger partial charge on any atom is 0.315 e. The number of hydrogen-bond acceptors (Lipinski definition) is 6. The van der Waals surface area contributed by atoms with Gasteiger partial charge >= 0.3 is 11.9 Å². The molecule has 6 atom stereocenters. The van der Waals surface area contributed by atoms with Crippen LogP contribution in [0.1, 0.15) is 132 Å². The van der Waals surface area contributed by atoms with E-state index < -0.39 is 10.8 Å². The Kier molecular flexibility index (Phi) is 15.9. The number of carbonyl (C=O) groups is 3. The maximum atomic E-state index is 12.9. The zero-order valence-electron chi connectivity index (χ0n) is 33.9. The van der Waals surface area contributed by atoms with Gasteiger partial charge in [-0.05, 0) is 80.6 Å². The van der Waals surface area contributed by atoms with E-state index in [1.54, 1.807) is 0 Å². The van der Waals surface area contributed by atoms with Crippen molar-refractivity contribution in [3.63, 3.8) is 0 Å². The molecule has 0 aromatic rings. The molecule has 52 heavy (non-hydrogen) atoms. The van der Waals surface area contributed by atoms with Crippen LogP contribution in [0.15, 0.2) is 45.6 Å². The second-order valence-corrected chi connectivity index (χ2v) is 17.6. The molecule has 8 heteroatoms. The first-order valence-electron chi connectivity index (χ1n) is 19.3. The molecular weight excluding hydrogens is 802 g/mol. The van der Waals surface area contributed by atoms with Crippen LogP contribution in [0.5, 0.6) is 0 Å². The van der Waals surface area contributed by atoms with Gasteiger partial charge in [0.05, 0.1) is 31.7 Å². The molecule has 0 amide bonds. The average molecular weight is 867 g/mol. The van der Waals surface area contributed by atoms with Gasteiger partial charge in [0.2, 0.25) is 0 Å². The monoisotopic (exact) mass is 866 g/mol. The number of esters is 2. The third-order valence-corrected chi connectivity index (χ3v) is 14.8. The van der Waals surface area contributed by atoms with Gasteiger partial charge in [0.25, 0.3) is 0 Å². The molecule has 0 aliphatic heterocycles. The van der Waals surface area contributed by atoms with E-state index in [9.17, 15) is 19.5 Å². The number of allylic oxidation sites excluding steroid dienone is 5. The number of aliphatic hydroxyl groups is 1. The van der Waals surface area contributed by atoms with E-state index in [1.165, 1.54) is 48.3 Å². The summed E-state index contributed by atoms with van der Waals surface area (Å²) in [4.78, 5) is 37.2. The van der Waals surface area contributed by atoms with E-state index in [0.717, 1.165) is 94.5 Å². The van der Waals surface area contributed by atoms with Crippen molar-refractivity contribution >= 4 is 18.2 Å². The molecule has 0 aromatic carbocycles. The fourth-order valence-electron chi connectivity index (χ4n) is 11.4. The van der Waals surface area contributed by atoms with Crippen molar-refractivity contribution in [2.75, 3.05) is 20.8 Å². The van der Waals surface area contributed by atoms with Crippen molar-refractivity contribution in [2.24, 2.45) is 45.3 Å². The predicted octanol–water partition coefficient (Wildman–Crippen LogP) is 9.43. The molecule has 0 bridgehead atoms. The number of ether oxygens (including phenoxy) is 2. The first-order valence-corrected chi connectivity index (χ1v) is 19.3. The number of methoxy groups -OCH3 is 2. The number of fused-ring (bicyclic) bond motifs is 6. The second-order valence-electron chi connectivity index (χ2n) is 17.6. The first kappa shape index (κ1) is 46.1. The molecule has 2 radical (unpaired) electrons. The third-order valence-electron chi connectivity index (χ3n) is 14.8. The van der Waals surface area contributed by atoms with Gasteiger partial charge in [0.1, 0.15) is 6.29 Å². The van der Waals surface area contributed by atoms with Crippen molar-refractivity contribution < 1.29 is 94.4 Å². The molecule has 6 rings (SSSR count). The van der Waals surface area contributed by atoms with Crippen LogP contribution in [0.3, 0.4) is 0 Å². The van der Waals surface area contributed by atoms with E-state index >= 15 is 0 Å². The molecule has 0 saturated heterocycles. The van der Waals surface area contributed by atoms with E-state index in [4.69, 9.17) is 9.47 Å². The van der Waals surface area contributed by atoms with Gasteiger partial charge in [-0.3, -0.25) is 14.4 Å². The summed E-state index contributed by atoms with van der Waals surface area (Å²) in [6, 6.07) is 0. The maximum absolute atomic E-state index is 12.9. The van der Waals surface area contributed by atoms with E-state index in [2.05, 4.69) is 67.5 Å². The molecule has 6 aliphatic carbocycles. The number of aliphatic hydroxyl groups excluding tert-OH is 1. The van der Waals surface area contributed by atoms with Gasteiger partial charge < -0.3 is 26.4 Å². The zero-order valence-corrected chi connectivity index (χ0v) is 39.6. The Morgan fingerprint density at radius 1 is 0.769 bits per heavy atom. The number of rotatable bonds is 6. The molecule has 0 spiro atoms. The summed E-state index contributed by atoms with van der Waals surface area (Å²) in [5.74, 6) is 4.32. The fourth-order valence-corrected chi connectivity index (χ4v) is 11.4.